The molecule has 0 saturated heterocycles. The van der Waals surface area contributed by atoms with E-state index < -0.39 is 12.1 Å². The van der Waals surface area contributed by atoms with Crippen molar-refractivity contribution in [3.8, 4) is 0 Å². The largest absolute Gasteiger partial charge is 0.479 e. The Morgan fingerprint density at radius 2 is 0.879 bits per heavy atom. The van der Waals surface area contributed by atoms with Gasteiger partial charge in [0.15, 0.2) is 6.10 Å². The molecule has 4 nitrogen and oxygen atoms in total. The van der Waals surface area contributed by atoms with Gasteiger partial charge in [0.05, 0.1) is 0 Å². The molecule has 0 bridgehead atoms. The van der Waals surface area contributed by atoms with Gasteiger partial charge in [0.2, 0.25) is 0 Å². The standard InChI is InChI=1S/C29H56O4/c1-3-5-7-9-10-11-12-13-14-15-16-17-18-19-20-21-22-23-25-27(29(31)32)33-28(30)26-24-8-6-4-2/h27H,3-26H2,1-2H3,(H,31,32). The Bertz CT molecular complexity index is 435. The van der Waals surface area contributed by atoms with Crippen molar-refractivity contribution < 1.29 is 19.4 Å². The van der Waals surface area contributed by atoms with Gasteiger partial charge < -0.3 is 9.84 Å². The first kappa shape index (κ1) is 31.9. The van der Waals surface area contributed by atoms with Crippen LogP contribution in [-0.2, 0) is 14.3 Å². The van der Waals surface area contributed by atoms with E-state index in [2.05, 4.69) is 13.8 Å². The fourth-order valence-corrected chi connectivity index (χ4v) is 4.38. The van der Waals surface area contributed by atoms with Crippen LogP contribution >= 0.6 is 0 Å². The van der Waals surface area contributed by atoms with E-state index in [1.807, 2.05) is 0 Å². The number of aliphatic carboxylic acids is 1. The minimum Gasteiger partial charge on any atom is -0.479 e. The molecule has 0 aliphatic rings. The van der Waals surface area contributed by atoms with E-state index in [4.69, 9.17) is 4.74 Å². The number of carboxylic acids is 1. The Kier molecular flexibility index (Phi) is 24.7. The van der Waals surface area contributed by atoms with Crippen LogP contribution in [-0.4, -0.2) is 23.1 Å². The highest BCUT2D eigenvalue weighted by Crippen LogP contribution is 2.16. The third-order valence-corrected chi connectivity index (χ3v) is 6.60. The van der Waals surface area contributed by atoms with Crippen molar-refractivity contribution in [2.45, 2.75) is 174 Å². The number of carbonyl (C=O) groups is 2. The SMILES string of the molecule is CCCCCCCCCCCCCCCCCCCCC(OC(=O)CCCCCC)C(=O)O. The first-order valence-corrected chi connectivity index (χ1v) is 14.5. The molecular formula is C29H56O4. The zero-order valence-corrected chi connectivity index (χ0v) is 22.2. The third kappa shape index (κ3) is 23.9. The smallest absolute Gasteiger partial charge is 0.345 e. The monoisotopic (exact) mass is 468 g/mol. The number of rotatable bonds is 26. The molecule has 0 spiro atoms. The minimum atomic E-state index is -1.01. The van der Waals surface area contributed by atoms with E-state index in [0.717, 1.165) is 44.9 Å². The number of esters is 1. The molecule has 33 heavy (non-hydrogen) atoms. The van der Waals surface area contributed by atoms with Crippen LogP contribution in [0.1, 0.15) is 168 Å². The molecule has 0 aromatic rings. The van der Waals surface area contributed by atoms with Crippen molar-refractivity contribution in [3.63, 3.8) is 0 Å². The fourth-order valence-electron chi connectivity index (χ4n) is 4.38. The van der Waals surface area contributed by atoms with Gasteiger partial charge in [-0.3, -0.25) is 4.79 Å². The maximum absolute atomic E-state index is 11.8. The van der Waals surface area contributed by atoms with E-state index in [0.29, 0.717) is 12.8 Å². The summed E-state index contributed by atoms with van der Waals surface area (Å²) in [6.07, 6.45) is 27.5. The Labute approximate surface area is 205 Å². The van der Waals surface area contributed by atoms with E-state index in [9.17, 15) is 14.7 Å². The zero-order valence-electron chi connectivity index (χ0n) is 22.2. The molecule has 1 atom stereocenters. The molecule has 0 aliphatic carbocycles. The van der Waals surface area contributed by atoms with Gasteiger partial charge in [-0.2, -0.15) is 0 Å². The zero-order chi connectivity index (χ0) is 24.4. The van der Waals surface area contributed by atoms with Gasteiger partial charge in [0, 0.05) is 6.42 Å². The quantitative estimate of drug-likeness (QED) is 0.101. The maximum Gasteiger partial charge on any atom is 0.345 e. The van der Waals surface area contributed by atoms with Crippen LogP contribution in [0.4, 0.5) is 0 Å². The Hall–Kier alpha value is -1.06. The highest BCUT2D eigenvalue weighted by molar-refractivity contribution is 5.77. The molecule has 0 aromatic carbocycles. The summed E-state index contributed by atoms with van der Waals surface area (Å²) in [5.74, 6) is -1.37. The molecule has 0 heterocycles. The summed E-state index contributed by atoms with van der Waals surface area (Å²) >= 11 is 0. The van der Waals surface area contributed by atoms with Crippen molar-refractivity contribution in [2.75, 3.05) is 0 Å². The second-order valence-corrected chi connectivity index (χ2v) is 9.93. The topological polar surface area (TPSA) is 63.6 Å². The lowest BCUT2D eigenvalue weighted by Crippen LogP contribution is -2.27. The molecule has 1 N–H and O–H groups in total. The van der Waals surface area contributed by atoms with Crippen LogP contribution in [0.15, 0.2) is 0 Å². The molecule has 0 aromatic heterocycles. The molecule has 0 rings (SSSR count). The first-order chi connectivity index (χ1) is 16.1. The lowest BCUT2D eigenvalue weighted by Gasteiger charge is -2.13. The number of carbonyl (C=O) groups excluding carboxylic acids is 1. The molecule has 0 fully saturated rings. The molecule has 0 radical (unpaired) electrons. The normalized spacial score (nSPS) is 12.1. The van der Waals surface area contributed by atoms with Gasteiger partial charge in [-0.25, -0.2) is 4.79 Å². The molecule has 1 unspecified atom stereocenters. The Morgan fingerprint density at radius 1 is 0.545 bits per heavy atom. The second-order valence-electron chi connectivity index (χ2n) is 9.93. The molecule has 196 valence electrons. The van der Waals surface area contributed by atoms with Gasteiger partial charge in [-0.05, 0) is 19.3 Å². The van der Waals surface area contributed by atoms with Crippen LogP contribution < -0.4 is 0 Å². The van der Waals surface area contributed by atoms with Crippen molar-refractivity contribution in [1.29, 1.82) is 0 Å². The highest BCUT2D eigenvalue weighted by atomic mass is 16.6. The summed E-state index contributed by atoms with van der Waals surface area (Å²) in [7, 11) is 0. The van der Waals surface area contributed by atoms with E-state index in [-0.39, 0.29) is 5.97 Å². The second kappa shape index (κ2) is 25.6. The van der Waals surface area contributed by atoms with Crippen LogP contribution in [0.2, 0.25) is 0 Å². The van der Waals surface area contributed by atoms with Crippen molar-refractivity contribution in [3.05, 3.63) is 0 Å². The molecule has 0 aliphatic heterocycles. The third-order valence-electron chi connectivity index (χ3n) is 6.60. The molecular weight excluding hydrogens is 412 g/mol. The molecule has 4 heteroatoms. The number of carboxylic acid groups (broad SMARTS) is 1. The van der Waals surface area contributed by atoms with E-state index in [1.54, 1.807) is 0 Å². The van der Waals surface area contributed by atoms with Gasteiger partial charge in [-0.1, -0.05) is 142 Å². The van der Waals surface area contributed by atoms with Crippen LogP contribution in [0.25, 0.3) is 0 Å². The summed E-state index contributed by atoms with van der Waals surface area (Å²) < 4.78 is 5.19. The predicted molar refractivity (Wildman–Crippen MR) is 140 cm³/mol. The first-order valence-electron chi connectivity index (χ1n) is 14.5. The van der Waals surface area contributed by atoms with Crippen LogP contribution in [0, 0.1) is 0 Å². The average Bonchev–Trinajstić information content (AvgIpc) is 2.80. The number of unbranched alkanes of at least 4 members (excludes halogenated alkanes) is 20. The lowest BCUT2D eigenvalue weighted by molar-refractivity contribution is -0.164. The maximum atomic E-state index is 11.8. The van der Waals surface area contributed by atoms with E-state index in [1.165, 1.54) is 96.3 Å². The van der Waals surface area contributed by atoms with Crippen molar-refractivity contribution >= 4 is 11.9 Å². The molecule has 0 saturated carbocycles. The average molecular weight is 469 g/mol. The van der Waals surface area contributed by atoms with Gasteiger partial charge in [-0.15, -0.1) is 0 Å². The fraction of sp³-hybridized carbons (Fsp3) is 0.931. The summed E-state index contributed by atoms with van der Waals surface area (Å²) in [6.45, 7) is 4.40. The van der Waals surface area contributed by atoms with Crippen LogP contribution in [0.3, 0.4) is 0 Å². The number of ether oxygens (including phenoxy) is 1. The molecule has 0 amide bonds. The minimum absolute atomic E-state index is 0.336. The van der Waals surface area contributed by atoms with Gasteiger partial charge in [0.1, 0.15) is 0 Å². The summed E-state index contributed by atoms with van der Waals surface area (Å²) in [5.41, 5.74) is 0. The Morgan fingerprint density at radius 3 is 1.24 bits per heavy atom. The summed E-state index contributed by atoms with van der Waals surface area (Å²) in [4.78, 5) is 23.2. The van der Waals surface area contributed by atoms with E-state index >= 15 is 0 Å². The highest BCUT2D eigenvalue weighted by Gasteiger charge is 2.21. The summed E-state index contributed by atoms with van der Waals surface area (Å²) in [6, 6.07) is 0. The number of hydrogen-bond donors (Lipinski definition) is 1. The Balaban J connectivity index is 3.43. The van der Waals surface area contributed by atoms with Gasteiger partial charge >= 0.3 is 11.9 Å². The number of hydrogen-bond acceptors (Lipinski definition) is 3. The predicted octanol–water partition coefficient (Wildman–Crippen LogP) is 9.39. The van der Waals surface area contributed by atoms with Gasteiger partial charge in [0.25, 0.3) is 0 Å². The van der Waals surface area contributed by atoms with Crippen molar-refractivity contribution in [1.82, 2.24) is 0 Å². The van der Waals surface area contributed by atoms with Crippen molar-refractivity contribution in [2.24, 2.45) is 0 Å². The summed E-state index contributed by atoms with van der Waals surface area (Å²) in [5, 5.41) is 9.30. The lowest BCUT2D eigenvalue weighted by atomic mass is 10.0. The van der Waals surface area contributed by atoms with Crippen LogP contribution in [0.5, 0.6) is 0 Å².